The Morgan fingerprint density at radius 3 is 2.02 bits per heavy atom. The number of benzene rings is 1. The molecule has 0 radical (unpaired) electrons. The predicted molar refractivity (Wildman–Crippen MR) is 135 cm³/mol. The minimum Gasteiger partial charge on any atom is -0.504 e. The molecule has 1 aliphatic carbocycles. The summed E-state index contributed by atoms with van der Waals surface area (Å²) in [6.07, 6.45) is -10.4. The van der Waals surface area contributed by atoms with Crippen LogP contribution in [0.25, 0.3) is 0 Å². The van der Waals surface area contributed by atoms with Gasteiger partial charge in [-0.25, -0.2) is 4.79 Å². The molecule has 224 valence electrons. The highest BCUT2D eigenvalue weighted by molar-refractivity contribution is 6.14. The van der Waals surface area contributed by atoms with E-state index in [0.717, 1.165) is 12.1 Å². The zero-order valence-electron chi connectivity index (χ0n) is 23.2. The van der Waals surface area contributed by atoms with Crippen molar-refractivity contribution < 1.29 is 64.3 Å². The summed E-state index contributed by atoms with van der Waals surface area (Å²) in [5.74, 6) is -5.01. The van der Waals surface area contributed by atoms with Gasteiger partial charge < -0.3 is 50.0 Å². The number of aliphatic hydroxyl groups excluding tert-OH is 3. The Morgan fingerprint density at radius 2 is 1.50 bits per heavy atom. The maximum absolute atomic E-state index is 13.4. The van der Waals surface area contributed by atoms with Gasteiger partial charge in [0.25, 0.3) is 0 Å². The number of hydrogen-bond acceptors (Lipinski definition) is 13. The molecule has 1 saturated carbocycles. The lowest BCUT2D eigenvalue weighted by atomic mass is 9.54. The number of aliphatic hydroxyl groups is 4. The van der Waals surface area contributed by atoms with E-state index in [1.54, 1.807) is 13.8 Å². The van der Waals surface area contributed by atoms with Crippen LogP contribution in [0, 0.1) is 16.7 Å². The van der Waals surface area contributed by atoms with Crippen LogP contribution in [0.3, 0.4) is 0 Å². The first-order valence-electron chi connectivity index (χ1n) is 12.9. The molecule has 3 rings (SSSR count). The summed E-state index contributed by atoms with van der Waals surface area (Å²) in [6.45, 7) is 8.65. The summed E-state index contributed by atoms with van der Waals surface area (Å²) in [6, 6.07) is 1.66. The fraction of sp³-hybridized carbons (Fsp3) is 0.667. The summed E-state index contributed by atoms with van der Waals surface area (Å²) in [5, 5.41) is 72.0. The van der Waals surface area contributed by atoms with Gasteiger partial charge in [0.15, 0.2) is 40.7 Å². The molecule has 40 heavy (non-hydrogen) atoms. The maximum atomic E-state index is 13.4. The first-order valence-corrected chi connectivity index (χ1v) is 12.9. The van der Waals surface area contributed by atoms with E-state index < -0.39 is 94.6 Å². The van der Waals surface area contributed by atoms with Crippen molar-refractivity contribution in [2.45, 2.75) is 90.4 Å². The van der Waals surface area contributed by atoms with Gasteiger partial charge in [-0.2, -0.15) is 0 Å². The summed E-state index contributed by atoms with van der Waals surface area (Å²) in [7, 11) is 0. The van der Waals surface area contributed by atoms with Gasteiger partial charge in [-0.3, -0.25) is 9.59 Å². The number of esters is 1. The quantitative estimate of drug-likeness (QED) is 0.132. The Hall–Kier alpha value is -2.81. The number of carbonyl (C=O) groups excluding carboxylic acids is 3. The Balaban J connectivity index is 1.87. The summed E-state index contributed by atoms with van der Waals surface area (Å²) in [5.41, 5.74) is -5.53. The van der Waals surface area contributed by atoms with Crippen LogP contribution in [0.5, 0.6) is 17.2 Å². The van der Waals surface area contributed by atoms with E-state index in [-0.39, 0.29) is 17.9 Å². The Labute approximate surface area is 230 Å². The fourth-order valence-corrected chi connectivity index (χ4v) is 5.65. The van der Waals surface area contributed by atoms with Gasteiger partial charge in [-0.15, -0.1) is 0 Å². The van der Waals surface area contributed by atoms with Crippen molar-refractivity contribution in [3.8, 4) is 17.2 Å². The Kier molecular flexibility index (Phi) is 8.62. The third-order valence-electron chi connectivity index (χ3n) is 7.55. The molecular weight excluding hydrogens is 532 g/mol. The second-order valence-corrected chi connectivity index (χ2v) is 12.0. The molecule has 0 bridgehead atoms. The van der Waals surface area contributed by atoms with Crippen LogP contribution in [0.4, 0.5) is 0 Å². The lowest BCUT2D eigenvalue weighted by Crippen LogP contribution is -2.72. The van der Waals surface area contributed by atoms with Crippen molar-refractivity contribution in [2.24, 2.45) is 16.7 Å². The molecule has 7 N–H and O–H groups in total. The van der Waals surface area contributed by atoms with Crippen molar-refractivity contribution >= 4 is 17.5 Å². The summed E-state index contributed by atoms with van der Waals surface area (Å²) < 4.78 is 16.6. The number of carbonyl (C=O) groups is 3. The van der Waals surface area contributed by atoms with E-state index in [9.17, 15) is 50.1 Å². The van der Waals surface area contributed by atoms with Gasteiger partial charge in [-0.1, -0.05) is 27.7 Å². The summed E-state index contributed by atoms with van der Waals surface area (Å²) >= 11 is 0. The number of rotatable bonds is 7. The highest BCUT2D eigenvalue weighted by Crippen LogP contribution is 2.49. The highest BCUT2D eigenvalue weighted by Gasteiger charge is 2.67. The molecule has 13 heteroatoms. The number of phenolic OH excluding ortho intramolecular Hbond substituents is 3. The Bertz CT molecular complexity index is 1140. The molecule has 0 aromatic heterocycles. The first-order chi connectivity index (χ1) is 18.3. The van der Waals surface area contributed by atoms with E-state index in [1.807, 2.05) is 0 Å². The molecule has 1 aromatic carbocycles. The van der Waals surface area contributed by atoms with E-state index >= 15 is 0 Å². The van der Waals surface area contributed by atoms with Crippen LogP contribution in [-0.2, 0) is 23.8 Å². The van der Waals surface area contributed by atoms with Crippen molar-refractivity contribution in [3.63, 3.8) is 0 Å². The van der Waals surface area contributed by atoms with Gasteiger partial charge in [0, 0.05) is 0 Å². The lowest BCUT2D eigenvalue weighted by molar-refractivity contribution is -0.332. The van der Waals surface area contributed by atoms with Gasteiger partial charge in [-0.05, 0) is 38.3 Å². The third kappa shape index (κ3) is 5.41. The molecule has 1 aliphatic heterocycles. The lowest BCUT2D eigenvalue weighted by Gasteiger charge is -2.54. The van der Waals surface area contributed by atoms with Gasteiger partial charge >= 0.3 is 5.97 Å². The number of hydrogen-bond donors (Lipinski definition) is 7. The van der Waals surface area contributed by atoms with Crippen LogP contribution in [-0.4, -0.2) is 102 Å². The van der Waals surface area contributed by atoms with E-state index in [0.29, 0.717) is 0 Å². The number of phenols is 3. The average molecular weight is 571 g/mol. The first kappa shape index (κ1) is 31.7. The van der Waals surface area contributed by atoms with Crippen LogP contribution in [0.2, 0.25) is 0 Å². The fourth-order valence-electron chi connectivity index (χ4n) is 5.65. The zero-order chi connectivity index (χ0) is 30.5. The molecule has 0 unspecified atom stereocenters. The molecular formula is C27H38O13. The monoisotopic (exact) mass is 570 g/mol. The normalized spacial score (nSPS) is 33.7. The van der Waals surface area contributed by atoms with E-state index in [2.05, 4.69) is 0 Å². The van der Waals surface area contributed by atoms with Gasteiger partial charge in [0.1, 0.15) is 37.1 Å². The van der Waals surface area contributed by atoms with E-state index in [4.69, 9.17) is 14.2 Å². The topological polar surface area (TPSA) is 221 Å². The smallest absolute Gasteiger partial charge is 0.338 e. The predicted octanol–water partition coefficient (Wildman–Crippen LogP) is 0.134. The number of Topliss-reactive ketones (excluding diaryl/α,β-unsaturated/α-hetero) is 2. The molecule has 1 aromatic rings. The van der Waals surface area contributed by atoms with Crippen LogP contribution < -0.4 is 0 Å². The van der Waals surface area contributed by atoms with Crippen molar-refractivity contribution in [3.05, 3.63) is 17.7 Å². The maximum Gasteiger partial charge on any atom is 0.338 e. The minimum atomic E-state index is -2.18. The molecule has 0 amide bonds. The molecule has 1 heterocycles. The average Bonchev–Trinajstić information content (AvgIpc) is 2.86. The molecule has 2 fully saturated rings. The largest absolute Gasteiger partial charge is 0.504 e. The van der Waals surface area contributed by atoms with Crippen LogP contribution in [0.15, 0.2) is 12.1 Å². The van der Waals surface area contributed by atoms with Crippen molar-refractivity contribution in [1.29, 1.82) is 0 Å². The third-order valence-corrected chi connectivity index (χ3v) is 7.55. The van der Waals surface area contributed by atoms with Gasteiger partial charge in [0.2, 0.25) is 0 Å². The number of ketones is 2. The molecule has 7 atom stereocenters. The number of aromatic hydroxyl groups is 3. The molecule has 1 saturated heterocycles. The molecule has 0 spiro atoms. The minimum absolute atomic E-state index is 0.0853. The second kappa shape index (κ2) is 10.9. The standard InChI is InChI=1S/C27H38O13/c1-11(2)9-27(37)23(36)25(3,4)22(35)26(5,6)24(27)40-21-19(33)18(32)17(31)15(39-21)10-38-20(34)12-7-13(28)16(30)14(29)8-12/h7-8,11,15,17-19,21,24,28-33,37H,9-10H2,1-6H3/t15-,17-,18+,19-,21+,24+,27-/m1/s1. The number of ether oxygens (including phenoxy) is 3. The SMILES string of the molecule is CC(C)C[C@@]1(O)C(=O)C(C)(C)C(=O)C(C)(C)[C@@H]1O[C@@H]1O[C@H](COC(=O)c2cc(O)c(O)c(O)c2)[C@@H](O)[C@H](O)[C@H]1O. The van der Waals surface area contributed by atoms with Crippen molar-refractivity contribution in [1.82, 2.24) is 0 Å². The zero-order valence-corrected chi connectivity index (χ0v) is 23.2. The second-order valence-electron chi connectivity index (χ2n) is 12.0. The highest BCUT2D eigenvalue weighted by atomic mass is 16.7. The van der Waals surface area contributed by atoms with Crippen LogP contribution in [0.1, 0.15) is 58.3 Å². The van der Waals surface area contributed by atoms with Crippen molar-refractivity contribution in [2.75, 3.05) is 6.61 Å². The van der Waals surface area contributed by atoms with E-state index in [1.165, 1.54) is 27.7 Å². The molecule has 13 nitrogen and oxygen atoms in total. The van der Waals surface area contributed by atoms with Gasteiger partial charge in [0.05, 0.1) is 16.4 Å². The molecule has 2 aliphatic rings. The van der Waals surface area contributed by atoms with Crippen LogP contribution >= 0.6 is 0 Å². The Morgan fingerprint density at radius 1 is 0.950 bits per heavy atom. The summed E-state index contributed by atoms with van der Waals surface area (Å²) in [4.78, 5) is 39.2.